The van der Waals surface area contributed by atoms with Gasteiger partial charge in [0, 0.05) is 19.2 Å². The van der Waals surface area contributed by atoms with Crippen LogP contribution in [0.3, 0.4) is 0 Å². The molecule has 0 aliphatic carbocycles. The molecule has 22 heavy (non-hydrogen) atoms. The van der Waals surface area contributed by atoms with Crippen molar-refractivity contribution in [3.05, 3.63) is 35.7 Å². The molecular formula is C16H20N4O2. The van der Waals surface area contributed by atoms with E-state index in [2.05, 4.69) is 29.3 Å². The molecule has 2 atom stereocenters. The number of rotatable bonds is 3. The Bertz CT molecular complexity index is 682. The summed E-state index contributed by atoms with van der Waals surface area (Å²) in [6.07, 6.45) is 0.891. The van der Waals surface area contributed by atoms with Crippen molar-refractivity contribution in [2.75, 3.05) is 10.2 Å². The minimum atomic E-state index is -0.325. The third-order valence-electron chi connectivity index (χ3n) is 4.18. The van der Waals surface area contributed by atoms with Gasteiger partial charge in [-0.1, -0.05) is 38.5 Å². The van der Waals surface area contributed by atoms with Crippen LogP contribution in [0.2, 0.25) is 0 Å². The summed E-state index contributed by atoms with van der Waals surface area (Å²) in [7, 11) is 0. The van der Waals surface area contributed by atoms with Crippen molar-refractivity contribution in [1.82, 2.24) is 10.1 Å². The average Bonchev–Trinajstić information content (AvgIpc) is 2.87. The van der Waals surface area contributed by atoms with E-state index in [0.717, 1.165) is 17.7 Å². The Morgan fingerprint density at radius 3 is 2.91 bits per heavy atom. The van der Waals surface area contributed by atoms with E-state index in [1.54, 1.807) is 6.92 Å². The van der Waals surface area contributed by atoms with Crippen LogP contribution in [0.5, 0.6) is 0 Å². The van der Waals surface area contributed by atoms with Crippen LogP contribution < -0.4 is 10.2 Å². The van der Waals surface area contributed by atoms with E-state index in [1.165, 1.54) is 0 Å². The van der Waals surface area contributed by atoms with Gasteiger partial charge in [-0.25, -0.2) is 0 Å². The maximum Gasteiger partial charge on any atom is 0.267 e. The summed E-state index contributed by atoms with van der Waals surface area (Å²) in [6, 6.07) is 7.49. The molecule has 6 heteroatoms. The van der Waals surface area contributed by atoms with Gasteiger partial charge in [-0.3, -0.25) is 4.79 Å². The van der Waals surface area contributed by atoms with Crippen molar-refractivity contribution in [2.45, 2.75) is 39.8 Å². The lowest BCUT2D eigenvalue weighted by molar-refractivity contribution is -0.118. The third-order valence-corrected chi connectivity index (χ3v) is 4.18. The van der Waals surface area contributed by atoms with Crippen LogP contribution in [-0.4, -0.2) is 22.1 Å². The van der Waals surface area contributed by atoms with Crippen LogP contribution in [0.1, 0.15) is 31.7 Å². The second-order valence-electron chi connectivity index (χ2n) is 5.72. The number of aryl methyl sites for hydroxylation is 1. The molecule has 0 radical (unpaired) electrons. The number of carbonyl (C=O) groups is 1. The lowest BCUT2D eigenvalue weighted by Gasteiger charge is -2.31. The van der Waals surface area contributed by atoms with Crippen molar-refractivity contribution in [1.29, 1.82) is 0 Å². The van der Waals surface area contributed by atoms with Gasteiger partial charge in [0.15, 0.2) is 0 Å². The maximum atomic E-state index is 12.7. The minimum absolute atomic E-state index is 0.0262. The van der Waals surface area contributed by atoms with Gasteiger partial charge in [-0.05, 0) is 22.7 Å². The topological polar surface area (TPSA) is 71.3 Å². The number of nitrogens with zero attached hydrogens (tertiary/aromatic N) is 3. The Morgan fingerprint density at radius 1 is 1.45 bits per heavy atom. The Morgan fingerprint density at radius 2 is 2.23 bits per heavy atom. The molecule has 1 aromatic heterocycles. The highest BCUT2D eigenvalue weighted by Crippen LogP contribution is 2.29. The van der Waals surface area contributed by atoms with Crippen LogP contribution in [0.25, 0.3) is 0 Å². The molecule has 1 N–H and O–H groups in total. The van der Waals surface area contributed by atoms with Gasteiger partial charge >= 0.3 is 0 Å². The standard InChI is InChI=1S/C16H20N4O2/c1-4-10(2)14-15(21)18-13-8-6-5-7-12(13)9-20(14)16-17-11(3)22-19-16/h5-8,10,14H,4,9H2,1-3H3,(H,18,21)/t10-,14?/m0/s1. The molecule has 6 nitrogen and oxygen atoms in total. The molecule has 0 saturated heterocycles. The summed E-state index contributed by atoms with van der Waals surface area (Å²) < 4.78 is 5.11. The summed E-state index contributed by atoms with van der Waals surface area (Å²) in [4.78, 5) is 19.0. The number of aromatic nitrogens is 2. The van der Waals surface area contributed by atoms with Gasteiger partial charge in [0.2, 0.25) is 11.8 Å². The molecule has 0 saturated carbocycles. The van der Waals surface area contributed by atoms with Crippen molar-refractivity contribution in [2.24, 2.45) is 5.92 Å². The molecule has 116 valence electrons. The second kappa shape index (κ2) is 5.79. The quantitative estimate of drug-likeness (QED) is 0.943. The molecule has 0 fully saturated rings. The van der Waals surface area contributed by atoms with Crippen molar-refractivity contribution in [3.8, 4) is 0 Å². The molecule has 0 spiro atoms. The first-order valence-electron chi connectivity index (χ1n) is 7.56. The van der Waals surface area contributed by atoms with Gasteiger partial charge in [0.1, 0.15) is 6.04 Å². The normalized spacial score (nSPS) is 19.3. The number of fused-ring (bicyclic) bond motifs is 1. The first-order valence-corrected chi connectivity index (χ1v) is 7.56. The first-order chi connectivity index (χ1) is 10.6. The van der Waals surface area contributed by atoms with Gasteiger partial charge in [-0.2, -0.15) is 4.98 Å². The Labute approximate surface area is 129 Å². The van der Waals surface area contributed by atoms with E-state index in [-0.39, 0.29) is 17.9 Å². The summed E-state index contributed by atoms with van der Waals surface area (Å²) in [6.45, 7) is 6.47. The zero-order valence-corrected chi connectivity index (χ0v) is 13.0. The van der Waals surface area contributed by atoms with E-state index >= 15 is 0 Å². The fourth-order valence-electron chi connectivity index (χ4n) is 2.80. The summed E-state index contributed by atoms with van der Waals surface area (Å²) in [5.41, 5.74) is 1.90. The highest BCUT2D eigenvalue weighted by molar-refractivity contribution is 5.98. The van der Waals surface area contributed by atoms with Crippen LogP contribution >= 0.6 is 0 Å². The van der Waals surface area contributed by atoms with Crippen LogP contribution in [0, 0.1) is 12.8 Å². The minimum Gasteiger partial charge on any atom is -0.338 e. The van der Waals surface area contributed by atoms with Crippen molar-refractivity contribution >= 4 is 17.5 Å². The fraction of sp³-hybridized carbons (Fsp3) is 0.438. The third kappa shape index (κ3) is 2.56. The SMILES string of the molecule is CC[C@H](C)C1C(=O)Nc2ccccc2CN1c1noc(C)n1. The van der Waals surface area contributed by atoms with Crippen molar-refractivity contribution < 1.29 is 9.32 Å². The summed E-state index contributed by atoms with van der Waals surface area (Å²) >= 11 is 0. The van der Waals surface area contributed by atoms with Crippen LogP contribution in [-0.2, 0) is 11.3 Å². The van der Waals surface area contributed by atoms with Crippen molar-refractivity contribution in [3.63, 3.8) is 0 Å². The Hall–Kier alpha value is -2.37. The van der Waals surface area contributed by atoms with Gasteiger partial charge in [0.25, 0.3) is 5.95 Å². The lowest BCUT2D eigenvalue weighted by atomic mass is 9.97. The molecule has 0 bridgehead atoms. The molecule has 2 aromatic rings. The van der Waals surface area contributed by atoms with E-state index < -0.39 is 0 Å². The Balaban J connectivity index is 2.06. The van der Waals surface area contributed by atoms with E-state index in [9.17, 15) is 4.79 Å². The van der Waals surface area contributed by atoms with Crippen LogP contribution in [0.15, 0.2) is 28.8 Å². The van der Waals surface area contributed by atoms with E-state index in [0.29, 0.717) is 18.4 Å². The zero-order valence-electron chi connectivity index (χ0n) is 13.0. The van der Waals surface area contributed by atoms with Gasteiger partial charge in [0.05, 0.1) is 0 Å². The number of benzene rings is 1. The number of amides is 1. The highest BCUT2D eigenvalue weighted by Gasteiger charge is 2.36. The molecule has 3 rings (SSSR count). The molecule has 1 unspecified atom stereocenters. The number of hydrogen-bond acceptors (Lipinski definition) is 5. The average molecular weight is 300 g/mol. The predicted molar refractivity (Wildman–Crippen MR) is 83.5 cm³/mol. The number of carbonyl (C=O) groups excluding carboxylic acids is 1. The molecule has 2 heterocycles. The molecule has 1 aliphatic heterocycles. The van der Waals surface area contributed by atoms with Crippen LogP contribution in [0.4, 0.5) is 11.6 Å². The second-order valence-corrected chi connectivity index (χ2v) is 5.72. The number of nitrogens with one attached hydrogen (secondary N) is 1. The molecule has 1 amide bonds. The predicted octanol–water partition coefficient (Wildman–Crippen LogP) is 2.75. The summed E-state index contributed by atoms with van der Waals surface area (Å²) in [5, 5.41) is 7.04. The zero-order chi connectivity index (χ0) is 15.7. The molecular weight excluding hydrogens is 280 g/mol. The smallest absolute Gasteiger partial charge is 0.267 e. The monoisotopic (exact) mass is 300 g/mol. The highest BCUT2D eigenvalue weighted by atomic mass is 16.5. The molecule has 1 aliphatic rings. The largest absolute Gasteiger partial charge is 0.338 e. The number of para-hydroxylation sites is 1. The Kier molecular flexibility index (Phi) is 3.83. The number of anilines is 2. The first kappa shape index (κ1) is 14.6. The fourth-order valence-corrected chi connectivity index (χ4v) is 2.80. The number of hydrogen-bond donors (Lipinski definition) is 1. The van der Waals surface area contributed by atoms with E-state index in [4.69, 9.17) is 4.52 Å². The summed E-state index contributed by atoms with van der Waals surface area (Å²) in [5.74, 6) is 1.11. The lowest BCUT2D eigenvalue weighted by Crippen LogP contribution is -2.46. The van der Waals surface area contributed by atoms with Gasteiger partial charge < -0.3 is 14.7 Å². The van der Waals surface area contributed by atoms with E-state index in [1.807, 2.05) is 29.2 Å². The maximum absolute atomic E-state index is 12.7. The van der Waals surface area contributed by atoms with Gasteiger partial charge in [-0.15, -0.1) is 0 Å². The molecule has 1 aromatic carbocycles.